The summed E-state index contributed by atoms with van der Waals surface area (Å²) in [6, 6.07) is 0. The third-order valence-corrected chi connectivity index (χ3v) is 10.6. The van der Waals surface area contributed by atoms with Crippen molar-refractivity contribution in [1.82, 2.24) is 0 Å². The first-order valence-electron chi connectivity index (χ1n) is 24.2. The second-order valence-corrected chi connectivity index (χ2v) is 16.2. The molecular weight excluding hydrogens is 693 g/mol. The average Bonchev–Trinajstić information content (AvgIpc) is 3.20. The van der Waals surface area contributed by atoms with Gasteiger partial charge in [-0.1, -0.05) is 204 Å². The van der Waals surface area contributed by atoms with Crippen molar-refractivity contribution in [2.24, 2.45) is 0 Å². The highest BCUT2D eigenvalue weighted by atomic mass is 16.6. The van der Waals surface area contributed by atoms with E-state index < -0.39 is 6.10 Å². The molecule has 0 rings (SSSR count). The first-order valence-corrected chi connectivity index (χ1v) is 24.2. The van der Waals surface area contributed by atoms with Crippen LogP contribution in [0, 0.1) is 0 Å². The maximum atomic E-state index is 12.2. The molecule has 0 heterocycles. The van der Waals surface area contributed by atoms with Gasteiger partial charge in [0.2, 0.25) is 0 Å². The highest BCUT2D eigenvalue weighted by molar-refractivity contribution is 5.70. The van der Waals surface area contributed by atoms with Crippen LogP contribution in [0.2, 0.25) is 0 Å². The van der Waals surface area contributed by atoms with Gasteiger partial charge in [0.1, 0.15) is 6.61 Å². The molecule has 0 saturated heterocycles. The normalized spacial score (nSPS) is 12.6. The third-order valence-electron chi connectivity index (χ3n) is 10.6. The lowest BCUT2D eigenvalue weighted by Crippen LogP contribution is -2.28. The van der Waals surface area contributed by atoms with Gasteiger partial charge in [-0.15, -0.1) is 0 Å². The van der Waals surface area contributed by atoms with Gasteiger partial charge < -0.3 is 14.6 Å². The molecule has 0 radical (unpaired) electrons. The van der Waals surface area contributed by atoms with Gasteiger partial charge in [-0.25, -0.2) is 0 Å². The number of aliphatic hydroxyl groups is 1. The third kappa shape index (κ3) is 44.6. The standard InChI is InChI=1S/C51H92O5/c1-3-5-7-9-11-13-15-17-19-21-23-24-25-26-28-30-32-34-36-38-40-42-44-46-51(54)56-49(47-52)48-55-50(53)45-43-41-39-37-35-33-31-29-27-22-20-18-16-14-12-10-8-6-4-2/h12,14-15,17-18,20-21,23,49,52H,3-11,13,16,19,22,24-48H2,1-2H3/b14-12-,17-15-,20-18-,23-21-. The van der Waals surface area contributed by atoms with Crippen LogP contribution in [-0.4, -0.2) is 36.4 Å². The quantitative estimate of drug-likeness (QED) is 0.0378. The number of unbranched alkanes of at least 4 members (excludes halogenated alkanes) is 28. The molecule has 0 aliphatic rings. The highest BCUT2D eigenvalue weighted by Crippen LogP contribution is 2.15. The summed E-state index contributed by atoms with van der Waals surface area (Å²) in [5.74, 6) is -0.592. The Bertz CT molecular complexity index is 935. The first kappa shape index (κ1) is 53.9. The predicted octanol–water partition coefficient (Wildman–Crippen LogP) is 15.7. The molecule has 56 heavy (non-hydrogen) atoms. The van der Waals surface area contributed by atoms with Crippen LogP contribution in [0.3, 0.4) is 0 Å². The van der Waals surface area contributed by atoms with Gasteiger partial charge in [0.15, 0.2) is 6.10 Å². The Morgan fingerprint density at radius 2 is 0.714 bits per heavy atom. The summed E-state index contributed by atoms with van der Waals surface area (Å²) in [6.45, 7) is 4.12. The van der Waals surface area contributed by atoms with E-state index in [9.17, 15) is 14.7 Å². The molecule has 0 aliphatic carbocycles. The minimum absolute atomic E-state index is 0.0682. The van der Waals surface area contributed by atoms with Crippen LogP contribution in [0.4, 0.5) is 0 Å². The number of hydrogen-bond acceptors (Lipinski definition) is 5. The van der Waals surface area contributed by atoms with E-state index in [0.717, 1.165) is 51.4 Å². The Kier molecular flexibility index (Phi) is 45.4. The van der Waals surface area contributed by atoms with Crippen molar-refractivity contribution in [1.29, 1.82) is 0 Å². The van der Waals surface area contributed by atoms with E-state index in [1.54, 1.807) is 0 Å². The van der Waals surface area contributed by atoms with Crippen LogP contribution < -0.4 is 0 Å². The fraction of sp³-hybridized carbons (Fsp3) is 0.804. The summed E-state index contributed by atoms with van der Waals surface area (Å²) >= 11 is 0. The number of ether oxygens (including phenoxy) is 2. The molecule has 0 amide bonds. The molecular formula is C51H92O5. The van der Waals surface area contributed by atoms with E-state index in [2.05, 4.69) is 62.5 Å². The molecule has 0 aromatic carbocycles. The molecule has 1 unspecified atom stereocenters. The van der Waals surface area contributed by atoms with Crippen LogP contribution in [0.15, 0.2) is 48.6 Å². The second kappa shape index (κ2) is 47.2. The molecule has 0 aromatic heterocycles. The number of hydrogen-bond donors (Lipinski definition) is 1. The van der Waals surface area contributed by atoms with E-state index in [4.69, 9.17) is 9.47 Å². The van der Waals surface area contributed by atoms with Gasteiger partial charge >= 0.3 is 11.9 Å². The van der Waals surface area contributed by atoms with Gasteiger partial charge in [0.05, 0.1) is 6.61 Å². The summed E-state index contributed by atoms with van der Waals surface area (Å²) < 4.78 is 10.7. The number of aliphatic hydroxyl groups excluding tert-OH is 1. The molecule has 0 spiro atoms. The predicted molar refractivity (Wildman–Crippen MR) is 242 cm³/mol. The van der Waals surface area contributed by atoms with E-state index in [-0.39, 0.29) is 25.2 Å². The second-order valence-electron chi connectivity index (χ2n) is 16.2. The van der Waals surface area contributed by atoms with Crippen molar-refractivity contribution in [3.05, 3.63) is 48.6 Å². The van der Waals surface area contributed by atoms with Gasteiger partial charge in [-0.3, -0.25) is 9.59 Å². The molecule has 1 N–H and O–H groups in total. The molecule has 0 aliphatic heterocycles. The van der Waals surface area contributed by atoms with Crippen LogP contribution in [-0.2, 0) is 19.1 Å². The molecule has 0 aromatic rings. The molecule has 0 fully saturated rings. The highest BCUT2D eigenvalue weighted by Gasteiger charge is 2.16. The number of carbonyl (C=O) groups excluding carboxylic acids is 2. The summed E-state index contributed by atoms with van der Waals surface area (Å²) in [6.07, 6.45) is 60.5. The first-order chi connectivity index (χ1) is 27.6. The Balaban J connectivity index is 3.51. The molecule has 1 atom stereocenters. The van der Waals surface area contributed by atoms with E-state index in [0.29, 0.717) is 12.8 Å². The zero-order valence-corrected chi connectivity index (χ0v) is 37.1. The molecule has 5 heteroatoms. The zero-order chi connectivity index (χ0) is 40.7. The monoisotopic (exact) mass is 785 g/mol. The SMILES string of the molecule is CCCCC/C=C\C/C=C\CCCCCCCCCCCC(=O)OCC(CO)OC(=O)CCCCCCCCCCCCC/C=C\C/C=C\CCCCCCC. The number of esters is 2. The maximum absolute atomic E-state index is 12.2. The fourth-order valence-electron chi connectivity index (χ4n) is 6.91. The molecule has 0 bridgehead atoms. The molecule has 326 valence electrons. The Labute approximate surface area is 348 Å². The number of carbonyl (C=O) groups is 2. The van der Waals surface area contributed by atoms with Crippen molar-refractivity contribution in [2.75, 3.05) is 13.2 Å². The van der Waals surface area contributed by atoms with Crippen molar-refractivity contribution in [2.45, 2.75) is 251 Å². The Morgan fingerprint density at radius 1 is 0.411 bits per heavy atom. The lowest BCUT2D eigenvalue weighted by molar-refractivity contribution is -0.161. The van der Waals surface area contributed by atoms with Crippen molar-refractivity contribution < 1.29 is 24.2 Å². The minimum Gasteiger partial charge on any atom is -0.462 e. The largest absolute Gasteiger partial charge is 0.462 e. The summed E-state index contributed by atoms with van der Waals surface area (Å²) in [7, 11) is 0. The topological polar surface area (TPSA) is 72.8 Å². The smallest absolute Gasteiger partial charge is 0.306 e. The summed E-state index contributed by atoms with van der Waals surface area (Å²) in [4.78, 5) is 24.4. The lowest BCUT2D eigenvalue weighted by atomic mass is 10.0. The van der Waals surface area contributed by atoms with E-state index in [1.807, 2.05) is 0 Å². The van der Waals surface area contributed by atoms with Crippen molar-refractivity contribution in [3.63, 3.8) is 0 Å². The van der Waals surface area contributed by atoms with Gasteiger partial charge in [0.25, 0.3) is 0 Å². The zero-order valence-electron chi connectivity index (χ0n) is 37.1. The van der Waals surface area contributed by atoms with Crippen molar-refractivity contribution in [3.8, 4) is 0 Å². The summed E-state index contributed by atoms with van der Waals surface area (Å²) in [5, 5.41) is 9.61. The van der Waals surface area contributed by atoms with Crippen LogP contribution in [0.5, 0.6) is 0 Å². The van der Waals surface area contributed by atoms with Crippen molar-refractivity contribution >= 4 is 11.9 Å². The Hall–Kier alpha value is -2.14. The average molecular weight is 785 g/mol. The van der Waals surface area contributed by atoms with Crippen LogP contribution in [0.25, 0.3) is 0 Å². The number of rotatable bonds is 44. The van der Waals surface area contributed by atoms with Gasteiger partial charge in [-0.05, 0) is 77.0 Å². The maximum Gasteiger partial charge on any atom is 0.306 e. The van der Waals surface area contributed by atoms with Crippen LogP contribution in [0.1, 0.15) is 245 Å². The number of allylic oxidation sites excluding steroid dienone is 8. The summed E-state index contributed by atoms with van der Waals surface area (Å²) in [5.41, 5.74) is 0. The molecule has 5 nitrogen and oxygen atoms in total. The fourth-order valence-corrected chi connectivity index (χ4v) is 6.91. The van der Waals surface area contributed by atoms with E-state index in [1.165, 1.54) is 167 Å². The Morgan fingerprint density at radius 3 is 1.09 bits per heavy atom. The minimum atomic E-state index is -0.775. The van der Waals surface area contributed by atoms with Gasteiger partial charge in [0, 0.05) is 12.8 Å². The van der Waals surface area contributed by atoms with E-state index >= 15 is 0 Å². The molecule has 0 saturated carbocycles. The van der Waals surface area contributed by atoms with Gasteiger partial charge in [-0.2, -0.15) is 0 Å². The lowest BCUT2D eigenvalue weighted by Gasteiger charge is -2.15. The van der Waals surface area contributed by atoms with Crippen LogP contribution >= 0.6 is 0 Å².